The molecule has 0 spiro atoms. The number of aromatic amines is 1. The molecule has 0 radical (unpaired) electrons. The van der Waals surface area contributed by atoms with Crippen LogP contribution >= 0.6 is 11.3 Å². The van der Waals surface area contributed by atoms with Crippen molar-refractivity contribution >= 4 is 40.0 Å². The van der Waals surface area contributed by atoms with Crippen LogP contribution in [-0.2, 0) is 20.9 Å². The largest absolute Gasteiger partial charge is 0.465 e. The third kappa shape index (κ3) is 4.25. The average Bonchev–Trinajstić information content (AvgIpc) is 3.30. The van der Waals surface area contributed by atoms with E-state index in [4.69, 9.17) is 9.47 Å². The van der Waals surface area contributed by atoms with Crippen molar-refractivity contribution in [2.45, 2.75) is 27.4 Å². The second-order valence-electron chi connectivity index (χ2n) is 6.50. The van der Waals surface area contributed by atoms with Crippen molar-refractivity contribution in [1.29, 1.82) is 0 Å². The van der Waals surface area contributed by atoms with Gasteiger partial charge in [-0.2, -0.15) is 0 Å². The fraction of sp³-hybridized carbons (Fsp3) is 0.238. The molecule has 0 saturated carbocycles. The van der Waals surface area contributed by atoms with Gasteiger partial charge in [-0.25, -0.2) is 14.6 Å². The predicted octanol–water partition coefficient (Wildman–Crippen LogP) is 3.92. The lowest BCUT2D eigenvalue weighted by atomic mass is 10.1. The molecule has 0 bridgehead atoms. The van der Waals surface area contributed by atoms with Gasteiger partial charge in [0.25, 0.3) is 0 Å². The van der Waals surface area contributed by atoms with Crippen LogP contribution in [-0.4, -0.2) is 34.9 Å². The standard InChI is InChI=1S/C21H21N3O5S/c1-12-17(19(26)28-4)13(2)22-18(12)20(27)29-10-15-11-30-21(23-15)24(14(3)25)16-8-6-5-7-9-16/h5-9,11,22H,10H2,1-4H3. The normalized spacial score (nSPS) is 10.5. The van der Waals surface area contributed by atoms with Crippen LogP contribution in [0.5, 0.6) is 0 Å². The van der Waals surface area contributed by atoms with Crippen LogP contribution in [0.25, 0.3) is 0 Å². The highest BCUT2D eigenvalue weighted by Gasteiger charge is 2.24. The van der Waals surface area contributed by atoms with Crippen LogP contribution in [0.1, 0.15) is 44.7 Å². The first kappa shape index (κ1) is 21.3. The van der Waals surface area contributed by atoms with Crippen molar-refractivity contribution in [2.24, 2.45) is 0 Å². The smallest absolute Gasteiger partial charge is 0.355 e. The molecule has 0 saturated heterocycles. The monoisotopic (exact) mass is 427 g/mol. The second kappa shape index (κ2) is 8.91. The Bertz CT molecular complexity index is 1090. The minimum Gasteiger partial charge on any atom is -0.465 e. The summed E-state index contributed by atoms with van der Waals surface area (Å²) in [5, 5.41) is 2.22. The van der Waals surface area contributed by atoms with Gasteiger partial charge in [0, 0.05) is 18.0 Å². The molecular formula is C21H21N3O5S. The summed E-state index contributed by atoms with van der Waals surface area (Å²) in [6.07, 6.45) is 0. The van der Waals surface area contributed by atoms with E-state index in [2.05, 4.69) is 9.97 Å². The number of carbonyl (C=O) groups excluding carboxylic acids is 3. The first-order chi connectivity index (χ1) is 14.3. The van der Waals surface area contributed by atoms with Crippen molar-refractivity contribution in [1.82, 2.24) is 9.97 Å². The van der Waals surface area contributed by atoms with Gasteiger partial charge in [0.2, 0.25) is 5.91 Å². The summed E-state index contributed by atoms with van der Waals surface area (Å²) in [7, 11) is 1.28. The number of carbonyl (C=O) groups is 3. The first-order valence-corrected chi connectivity index (χ1v) is 9.96. The molecule has 0 aliphatic heterocycles. The number of amides is 1. The molecule has 30 heavy (non-hydrogen) atoms. The van der Waals surface area contributed by atoms with E-state index < -0.39 is 11.9 Å². The van der Waals surface area contributed by atoms with Gasteiger partial charge >= 0.3 is 11.9 Å². The van der Waals surface area contributed by atoms with Gasteiger partial charge in [-0.3, -0.25) is 9.69 Å². The SMILES string of the molecule is COC(=O)c1c(C)[nH]c(C(=O)OCc2csc(N(C(C)=O)c3ccccc3)n2)c1C. The number of anilines is 2. The van der Waals surface area contributed by atoms with Crippen molar-refractivity contribution in [3.63, 3.8) is 0 Å². The van der Waals surface area contributed by atoms with Crippen molar-refractivity contribution in [3.05, 3.63) is 63.9 Å². The van der Waals surface area contributed by atoms with E-state index in [9.17, 15) is 14.4 Å². The van der Waals surface area contributed by atoms with E-state index in [1.54, 1.807) is 19.2 Å². The van der Waals surface area contributed by atoms with E-state index in [1.807, 2.05) is 30.3 Å². The number of nitrogens with zero attached hydrogens (tertiary/aromatic N) is 2. The van der Waals surface area contributed by atoms with E-state index in [0.29, 0.717) is 33.3 Å². The zero-order valence-electron chi connectivity index (χ0n) is 17.0. The Hall–Kier alpha value is -3.46. The molecule has 3 rings (SSSR count). The van der Waals surface area contributed by atoms with Gasteiger partial charge in [0.05, 0.1) is 24.1 Å². The number of rotatable bonds is 6. The molecule has 1 aromatic carbocycles. The minimum atomic E-state index is -0.605. The summed E-state index contributed by atoms with van der Waals surface area (Å²) in [5.74, 6) is -1.30. The molecule has 0 fully saturated rings. The molecule has 1 N–H and O–H groups in total. The highest BCUT2D eigenvalue weighted by atomic mass is 32.1. The molecule has 3 aromatic rings. The van der Waals surface area contributed by atoms with Crippen molar-refractivity contribution in [3.8, 4) is 0 Å². The zero-order valence-corrected chi connectivity index (χ0v) is 17.8. The van der Waals surface area contributed by atoms with Crippen LogP contribution in [0.15, 0.2) is 35.7 Å². The number of methoxy groups -OCH3 is 1. The fourth-order valence-electron chi connectivity index (χ4n) is 3.04. The number of aryl methyl sites for hydroxylation is 1. The number of nitrogens with one attached hydrogen (secondary N) is 1. The molecule has 8 nitrogen and oxygen atoms in total. The molecular weight excluding hydrogens is 406 g/mol. The number of benzene rings is 1. The van der Waals surface area contributed by atoms with Crippen molar-refractivity contribution < 1.29 is 23.9 Å². The lowest BCUT2D eigenvalue weighted by Gasteiger charge is -2.17. The molecule has 9 heteroatoms. The number of ether oxygens (including phenoxy) is 2. The summed E-state index contributed by atoms with van der Waals surface area (Å²) >= 11 is 1.28. The Morgan fingerprint density at radius 1 is 1.13 bits per heavy atom. The van der Waals surface area contributed by atoms with Crippen LogP contribution in [0.2, 0.25) is 0 Å². The minimum absolute atomic E-state index is 0.0685. The molecule has 1 amide bonds. The quantitative estimate of drug-likeness (QED) is 0.599. The van der Waals surface area contributed by atoms with Crippen LogP contribution < -0.4 is 4.90 Å². The van der Waals surface area contributed by atoms with Crippen LogP contribution in [0.3, 0.4) is 0 Å². The Balaban J connectivity index is 1.74. The van der Waals surface area contributed by atoms with E-state index in [-0.39, 0.29) is 18.2 Å². The maximum atomic E-state index is 12.5. The highest BCUT2D eigenvalue weighted by Crippen LogP contribution is 2.29. The van der Waals surface area contributed by atoms with Crippen LogP contribution in [0.4, 0.5) is 10.8 Å². The van der Waals surface area contributed by atoms with Gasteiger partial charge in [0.15, 0.2) is 5.13 Å². The molecule has 156 valence electrons. The fourth-order valence-corrected chi connectivity index (χ4v) is 3.91. The maximum Gasteiger partial charge on any atom is 0.355 e. The first-order valence-electron chi connectivity index (χ1n) is 9.08. The lowest BCUT2D eigenvalue weighted by molar-refractivity contribution is -0.115. The molecule has 0 unspecified atom stereocenters. The number of hydrogen-bond donors (Lipinski definition) is 1. The number of esters is 2. The topological polar surface area (TPSA) is 102 Å². The number of hydrogen-bond acceptors (Lipinski definition) is 7. The molecule has 0 atom stereocenters. The summed E-state index contributed by atoms with van der Waals surface area (Å²) in [6, 6.07) is 9.18. The molecule has 2 heterocycles. The highest BCUT2D eigenvalue weighted by molar-refractivity contribution is 7.14. The Labute approximate surface area is 177 Å². The Kier molecular flexibility index (Phi) is 6.31. The summed E-state index contributed by atoms with van der Waals surface area (Å²) in [4.78, 5) is 45.3. The second-order valence-corrected chi connectivity index (χ2v) is 7.34. The van der Waals surface area contributed by atoms with Crippen molar-refractivity contribution in [2.75, 3.05) is 12.0 Å². The van der Waals surface area contributed by atoms with Gasteiger partial charge in [-0.1, -0.05) is 18.2 Å². The number of aromatic nitrogens is 2. The van der Waals surface area contributed by atoms with E-state index in [0.717, 1.165) is 0 Å². The number of H-pyrrole nitrogens is 1. The molecule has 0 aliphatic rings. The van der Waals surface area contributed by atoms with E-state index >= 15 is 0 Å². The van der Waals surface area contributed by atoms with Gasteiger partial charge < -0.3 is 14.5 Å². The lowest BCUT2D eigenvalue weighted by Crippen LogP contribution is -2.22. The summed E-state index contributed by atoms with van der Waals surface area (Å²) in [5.41, 5.74) is 2.73. The zero-order chi connectivity index (χ0) is 21.8. The number of para-hydroxylation sites is 1. The number of thiazole rings is 1. The summed E-state index contributed by atoms with van der Waals surface area (Å²) < 4.78 is 10.1. The van der Waals surface area contributed by atoms with Gasteiger partial charge in [-0.05, 0) is 31.5 Å². The predicted molar refractivity (Wildman–Crippen MR) is 112 cm³/mol. The maximum absolute atomic E-state index is 12.5. The van der Waals surface area contributed by atoms with Gasteiger partial charge in [0.1, 0.15) is 12.3 Å². The van der Waals surface area contributed by atoms with Gasteiger partial charge in [-0.15, -0.1) is 11.3 Å². The third-order valence-corrected chi connectivity index (χ3v) is 5.32. The third-order valence-electron chi connectivity index (χ3n) is 4.44. The van der Waals surface area contributed by atoms with Crippen LogP contribution in [0, 0.1) is 13.8 Å². The molecule has 0 aliphatic carbocycles. The Morgan fingerprint density at radius 2 is 1.83 bits per heavy atom. The summed E-state index contributed by atoms with van der Waals surface area (Å²) in [6.45, 7) is 4.73. The average molecular weight is 427 g/mol. The van der Waals surface area contributed by atoms with E-state index in [1.165, 1.54) is 30.3 Å². The Morgan fingerprint density at radius 3 is 2.47 bits per heavy atom. The molecule has 2 aromatic heterocycles.